The molecule has 4 N–H and O–H groups in total. The van der Waals surface area contributed by atoms with E-state index in [1.165, 1.54) is 18.2 Å². The molecular formula is C20H18O7. The number of hydrogen-bond donors (Lipinski definition) is 4. The fourth-order valence-electron chi connectivity index (χ4n) is 2.99. The lowest BCUT2D eigenvalue weighted by Crippen LogP contribution is -2.10. The van der Waals surface area contributed by atoms with E-state index in [2.05, 4.69) is 0 Å². The Morgan fingerprint density at radius 2 is 1.67 bits per heavy atom. The van der Waals surface area contributed by atoms with Gasteiger partial charge in [0.1, 0.15) is 34.0 Å². The molecular weight excluding hydrogens is 352 g/mol. The summed E-state index contributed by atoms with van der Waals surface area (Å²) < 4.78 is 5.80. The van der Waals surface area contributed by atoms with Crippen molar-refractivity contribution in [3.8, 4) is 28.4 Å². The van der Waals surface area contributed by atoms with Crippen molar-refractivity contribution in [3.05, 3.63) is 52.4 Å². The molecule has 0 spiro atoms. The summed E-state index contributed by atoms with van der Waals surface area (Å²) in [4.78, 5) is 23.7. The van der Waals surface area contributed by atoms with E-state index in [0.29, 0.717) is 30.6 Å². The minimum absolute atomic E-state index is 0.00787. The van der Waals surface area contributed by atoms with Crippen LogP contribution >= 0.6 is 0 Å². The van der Waals surface area contributed by atoms with Gasteiger partial charge in [-0.3, -0.25) is 9.59 Å². The predicted molar refractivity (Wildman–Crippen MR) is 98.1 cm³/mol. The average molecular weight is 370 g/mol. The molecule has 0 aliphatic rings. The van der Waals surface area contributed by atoms with Gasteiger partial charge in [0.05, 0.1) is 5.56 Å². The fraction of sp³-hybridized carbons (Fsp3) is 0.200. The first-order valence-corrected chi connectivity index (χ1v) is 8.39. The molecule has 0 saturated heterocycles. The summed E-state index contributed by atoms with van der Waals surface area (Å²) in [6.45, 7) is 0. The maximum absolute atomic E-state index is 13.0. The van der Waals surface area contributed by atoms with E-state index in [0.717, 1.165) is 6.07 Å². The Hall–Kier alpha value is -3.48. The number of benzene rings is 2. The molecule has 7 nitrogen and oxygen atoms in total. The molecule has 3 aromatic rings. The molecule has 0 saturated carbocycles. The third kappa shape index (κ3) is 3.87. The lowest BCUT2D eigenvalue weighted by atomic mass is 9.98. The molecule has 0 aliphatic heterocycles. The SMILES string of the molecule is O=C(O)CCCCc1oc2cc(O)cc(O)c2c(=O)c1-c1ccc(O)cc1. The maximum Gasteiger partial charge on any atom is 0.303 e. The van der Waals surface area contributed by atoms with Crippen LogP contribution in [0, 0.1) is 0 Å². The first kappa shape index (κ1) is 18.3. The Morgan fingerprint density at radius 3 is 2.33 bits per heavy atom. The summed E-state index contributed by atoms with van der Waals surface area (Å²) >= 11 is 0. The Bertz CT molecular complexity index is 1050. The van der Waals surface area contributed by atoms with Crippen molar-refractivity contribution in [2.45, 2.75) is 25.7 Å². The molecule has 140 valence electrons. The highest BCUT2D eigenvalue weighted by Crippen LogP contribution is 2.33. The largest absolute Gasteiger partial charge is 0.508 e. The Kier molecular flexibility index (Phi) is 5.03. The van der Waals surface area contributed by atoms with E-state index in [1.807, 2.05) is 0 Å². The van der Waals surface area contributed by atoms with Crippen LogP contribution in [-0.2, 0) is 11.2 Å². The second-order valence-corrected chi connectivity index (χ2v) is 6.22. The van der Waals surface area contributed by atoms with Crippen LogP contribution in [0.2, 0.25) is 0 Å². The number of hydrogen-bond acceptors (Lipinski definition) is 6. The first-order chi connectivity index (χ1) is 12.9. The van der Waals surface area contributed by atoms with Crippen LogP contribution in [0.5, 0.6) is 17.2 Å². The lowest BCUT2D eigenvalue weighted by Gasteiger charge is -2.11. The van der Waals surface area contributed by atoms with Gasteiger partial charge < -0.3 is 24.8 Å². The zero-order chi connectivity index (χ0) is 19.6. The Labute approximate surface area is 153 Å². The number of rotatable bonds is 6. The molecule has 1 aromatic heterocycles. The van der Waals surface area contributed by atoms with Gasteiger partial charge in [-0.2, -0.15) is 0 Å². The predicted octanol–water partition coefficient (Wildman–Crippen LogP) is 3.37. The zero-order valence-electron chi connectivity index (χ0n) is 14.3. The molecule has 0 bridgehead atoms. The summed E-state index contributed by atoms with van der Waals surface area (Å²) in [5.41, 5.74) is 0.323. The number of aryl methyl sites for hydroxylation is 1. The van der Waals surface area contributed by atoms with Crippen molar-refractivity contribution >= 4 is 16.9 Å². The average Bonchev–Trinajstić information content (AvgIpc) is 2.59. The fourth-order valence-corrected chi connectivity index (χ4v) is 2.99. The molecule has 7 heteroatoms. The molecule has 0 fully saturated rings. The van der Waals surface area contributed by atoms with Crippen LogP contribution in [0.4, 0.5) is 0 Å². The van der Waals surface area contributed by atoms with Gasteiger partial charge in [-0.15, -0.1) is 0 Å². The first-order valence-electron chi connectivity index (χ1n) is 8.39. The number of fused-ring (bicyclic) bond motifs is 1. The second kappa shape index (κ2) is 7.41. The van der Waals surface area contributed by atoms with Gasteiger partial charge in [0.2, 0.25) is 5.43 Å². The number of aliphatic carboxylic acids is 1. The molecule has 0 amide bonds. The highest BCUT2D eigenvalue weighted by molar-refractivity contribution is 5.88. The van der Waals surface area contributed by atoms with Crippen molar-refractivity contribution in [2.24, 2.45) is 0 Å². The molecule has 0 unspecified atom stereocenters. The van der Waals surface area contributed by atoms with E-state index in [9.17, 15) is 24.9 Å². The standard InChI is InChI=1S/C20H18O7/c21-12-7-5-11(6-8-12)18-15(3-1-2-4-17(24)25)27-16-10-13(22)9-14(23)19(16)20(18)26/h5-10,21-23H,1-4H2,(H,24,25). The highest BCUT2D eigenvalue weighted by atomic mass is 16.4. The minimum atomic E-state index is -0.899. The van der Waals surface area contributed by atoms with Gasteiger partial charge in [0.15, 0.2) is 0 Å². The third-order valence-electron chi connectivity index (χ3n) is 4.23. The Morgan fingerprint density at radius 1 is 0.963 bits per heavy atom. The third-order valence-corrected chi connectivity index (χ3v) is 4.23. The molecule has 3 rings (SSSR count). The van der Waals surface area contributed by atoms with Gasteiger partial charge >= 0.3 is 5.97 Å². The number of phenols is 3. The van der Waals surface area contributed by atoms with Crippen LogP contribution in [0.3, 0.4) is 0 Å². The van der Waals surface area contributed by atoms with Crippen molar-refractivity contribution in [2.75, 3.05) is 0 Å². The van der Waals surface area contributed by atoms with Gasteiger partial charge in [-0.1, -0.05) is 12.1 Å². The maximum atomic E-state index is 13.0. The van der Waals surface area contributed by atoms with E-state index in [1.54, 1.807) is 12.1 Å². The minimum Gasteiger partial charge on any atom is -0.508 e. The van der Waals surface area contributed by atoms with E-state index < -0.39 is 17.1 Å². The molecule has 0 atom stereocenters. The number of unbranched alkanes of at least 4 members (excludes halogenated alkanes) is 1. The summed E-state index contributed by atoms with van der Waals surface area (Å²) in [5.74, 6) is -1.16. The van der Waals surface area contributed by atoms with Gasteiger partial charge in [-0.25, -0.2) is 0 Å². The number of aromatic hydroxyl groups is 3. The topological polar surface area (TPSA) is 128 Å². The van der Waals surface area contributed by atoms with Gasteiger partial charge in [0, 0.05) is 25.0 Å². The van der Waals surface area contributed by atoms with Crippen molar-refractivity contribution < 1.29 is 29.6 Å². The summed E-state index contributed by atoms with van der Waals surface area (Å²) in [5, 5.41) is 38.0. The van der Waals surface area contributed by atoms with Gasteiger partial charge in [-0.05, 0) is 30.5 Å². The quantitative estimate of drug-likeness (QED) is 0.490. The zero-order valence-corrected chi connectivity index (χ0v) is 14.3. The molecule has 27 heavy (non-hydrogen) atoms. The van der Waals surface area contributed by atoms with Crippen LogP contribution in [0.15, 0.2) is 45.6 Å². The van der Waals surface area contributed by atoms with Crippen LogP contribution in [0.1, 0.15) is 25.0 Å². The summed E-state index contributed by atoms with van der Waals surface area (Å²) in [6.07, 6.45) is 1.22. The summed E-state index contributed by atoms with van der Waals surface area (Å²) in [7, 11) is 0. The van der Waals surface area contributed by atoms with E-state index >= 15 is 0 Å². The number of phenolic OH excluding ortho intramolecular Hbond substituents is 3. The number of carboxylic acid groups (broad SMARTS) is 1. The van der Waals surface area contributed by atoms with Crippen molar-refractivity contribution in [1.29, 1.82) is 0 Å². The number of carbonyl (C=O) groups is 1. The smallest absolute Gasteiger partial charge is 0.303 e. The second-order valence-electron chi connectivity index (χ2n) is 6.22. The molecule has 0 radical (unpaired) electrons. The van der Waals surface area contributed by atoms with Gasteiger partial charge in [0.25, 0.3) is 0 Å². The molecule has 0 aliphatic carbocycles. The van der Waals surface area contributed by atoms with Crippen LogP contribution < -0.4 is 5.43 Å². The van der Waals surface area contributed by atoms with E-state index in [4.69, 9.17) is 9.52 Å². The lowest BCUT2D eigenvalue weighted by molar-refractivity contribution is -0.137. The normalized spacial score (nSPS) is 11.0. The molecule has 1 heterocycles. The van der Waals surface area contributed by atoms with Crippen molar-refractivity contribution in [1.82, 2.24) is 0 Å². The Balaban J connectivity index is 2.15. The monoisotopic (exact) mass is 370 g/mol. The highest BCUT2D eigenvalue weighted by Gasteiger charge is 2.19. The van der Waals surface area contributed by atoms with Crippen molar-refractivity contribution in [3.63, 3.8) is 0 Å². The van der Waals surface area contributed by atoms with E-state index in [-0.39, 0.29) is 34.5 Å². The van der Waals surface area contributed by atoms with Crippen LogP contribution in [0.25, 0.3) is 22.1 Å². The number of carboxylic acids is 1. The summed E-state index contributed by atoms with van der Waals surface area (Å²) in [6, 6.07) is 8.30. The van der Waals surface area contributed by atoms with Crippen LogP contribution in [-0.4, -0.2) is 26.4 Å². The molecule has 2 aromatic carbocycles.